The molecule has 0 N–H and O–H groups in total. The maximum Gasteiger partial charge on any atom is 0.417 e. The van der Waals surface area contributed by atoms with Gasteiger partial charge in [-0.15, -0.1) is 0 Å². The number of aryl methyl sites for hydroxylation is 1. The van der Waals surface area contributed by atoms with Gasteiger partial charge in [0.15, 0.2) is 5.69 Å². The van der Waals surface area contributed by atoms with E-state index in [1.165, 1.54) is 34.9 Å². The number of hydrogen-bond donors (Lipinski definition) is 0. The molecule has 3 rings (SSSR count). The Morgan fingerprint density at radius 1 is 1.23 bits per heavy atom. The van der Waals surface area contributed by atoms with Gasteiger partial charge in [0.05, 0.1) is 30.5 Å². The van der Waals surface area contributed by atoms with Crippen molar-refractivity contribution >= 4 is 11.9 Å². The highest BCUT2D eigenvalue weighted by molar-refractivity contribution is 5.96. The van der Waals surface area contributed by atoms with Crippen molar-refractivity contribution in [3.8, 4) is 0 Å². The van der Waals surface area contributed by atoms with E-state index in [0.717, 1.165) is 6.07 Å². The van der Waals surface area contributed by atoms with E-state index in [9.17, 15) is 22.8 Å². The van der Waals surface area contributed by atoms with Crippen molar-refractivity contribution in [2.45, 2.75) is 19.1 Å². The van der Waals surface area contributed by atoms with Crippen molar-refractivity contribution in [3.63, 3.8) is 0 Å². The van der Waals surface area contributed by atoms with E-state index >= 15 is 0 Å². The first-order valence-corrected chi connectivity index (χ1v) is 7.82. The fraction of sp³-hybridized carbons (Fsp3) is 0.353. The van der Waals surface area contributed by atoms with E-state index in [1.54, 1.807) is 7.05 Å². The smallest absolute Gasteiger partial charge is 0.417 e. The molecule has 1 aliphatic heterocycles. The molecule has 2 aromatic rings. The topological polar surface area (TPSA) is 64.4 Å². The number of nitrogens with zero attached hydrogens (tertiary/aromatic N) is 3. The van der Waals surface area contributed by atoms with Crippen LogP contribution in [-0.2, 0) is 30.9 Å². The number of carbonyl (C=O) groups excluding carboxylic acids is 2. The normalized spacial score (nSPS) is 14.1. The summed E-state index contributed by atoms with van der Waals surface area (Å²) < 4.78 is 45.7. The van der Waals surface area contributed by atoms with Gasteiger partial charge in [-0.3, -0.25) is 9.48 Å². The minimum Gasteiger partial charge on any atom is -0.464 e. The maximum atomic E-state index is 13.2. The molecule has 9 heteroatoms. The second kappa shape index (κ2) is 6.47. The van der Waals surface area contributed by atoms with Gasteiger partial charge >= 0.3 is 12.1 Å². The van der Waals surface area contributed by atoms with E-state index in [1.807, 2.05) is 0 Å². The van der Waals surface area contributed by atoms with Crippen molar-refractivity contribution in [1.29, 1.82) is 0 Å². The van der Waals surface area contributed by atoms with E-state index in [0.29, 0.717) is 17.7 Å². The summed E-state index contributed by atoms with van der Waals surface area (Å²) >= 11 is 0. The number of esters is 1. The summed E-state index contributed by atoms with van der Waals surface area (Å²) in [5.74, 6) is -1.28. The standard InChI is InChI=1S/C17H16F3N3O3/c1-22-13-9-23(8-7-11(13)14(21-22)16(25)26-2)15(24)10-5-3-4-6-12(10)17(18,19)20/h3-6H,7-9H2,1-2H3. The van der Waals surface area contributed by atoms with Crippen LogP contribution in [0, 0.1) is 0 Å². The van der Waals surface area contributed by atoms with Crippen LogP contribution in [0.25, 0.3) is 0 Å². The number of rotatable bonds is 2. The van der Waals surface area contributed by atoms with Gasteiger partial charge in [0.2, 0.25) is 0 Å². The molecule has 1 aromatic carbocycles. The average molecular weight is 367 g/mol. The fourth-order valence-electron chi connectivity index (χ4n) is 3.09. The zero-order valence-electron chi connectivity index (χ0n) is 14.1. The first kappa shape index (κ1) is 18.0. The molecule has 0 unspecified atom stereocenters. The molecule has 0 aliphatic carbocycles. The van der Waals surface area contributed by atoms with Crippen LogP contribution in [0.1, 0.15) is 37.7 Å². The number of methoxy groups -OCH3 is 1. The second-order valence-electron chi connectivity index (χ2n) is 5.91. The summed E-state index contributed by atoms with van der Waals surface area (Å²) in [6.45, 7) is 0.258. The van der Waals surface area contributed by atoms with Crippen molar-refractivity contribution in [3.05, 3.63) is 52.3 Å². The van der Waals surface area contributed by atoms with Crippen molar-refractivity contribution in [1.82, 2.24) is 14.7 Å². The summed E-state index contributed by atoms with van der Waals surface area (Å²) in [6, 6.07) is 4.71. The summed E-state index contributed by atoms with van der Waals surface area (Å²) in [5.41, 5.74) is 0.0876. The molecule has 6 nitrogen and oxygen atoms in total. The molecule has 1 aliphatic rings. The lowest BCUT2D eigenvalue weighted by atomic mass is 10.0. The lowest BCUT2D eigenvalue weighted by molar-refractivity contribution is -0.138. The molecule has 1 aromatic heterocycles. The van der Waals surface area contributed by atoms with Crippen molar-refractivity contribution in [2.75, 3.05) is 13.7 Å². The SMILES string of the molecule is COC(=O)c1nn(C)c2c1CCN(C(=O)c1ccccc1C(F)(F)F)C2. The van der Waals surface area contributed by atoms with Crippen LogP contribution >= 0.6 is 0 Å². The third-order valence-electron chi connectivity index (χ3n) is 4.38. The average Bonchev–Trinajstić information content (AvgIpc) is 2.96. The predicted molar refractivity (Wildman–Crippen MR) is 84.4 cm³/mol. The van der Waals surface area contributed by atoms with Crippen LogP contribution in [0.3, 0.4) is 0 Å². The molecule has 0 radical (unpaired) electrons. The largest absolute Gasteiger partial charge is 0.464 e. The zero-order chi connectivity index (χ0) is 19.1. The van der Waals surface area contributed by atoms with Gasteiger partial charge in [0.25, 0.3) is 5.91 Å². The number of hydrogen-bond acceptors (Lipinski definition) is 4. The number of carbonyl (C=O) groups is 2. The minimum atomic E-state index is -4.61. The predicted octanol–water partition coefficient (Wildman–Crippen LogP) is 2.42. The lowest BCUT2D eigenvalue weighted by Gasteiger charge is -2.28. The quantitative estimate of drug-likeness (QED) is 0.765. The van der Waals surface area contributed by atoms with E-state index in [4.69, 9.17) is 4.74 Å². The van der Waals surface area contributed by atoms with Gasteiger partial charge in [-0.25, -0.2) is 4.79 Å². The zero-order valence-corrected chi connectivity index (χ0v) is 14.1. The van der Waals surface area contributed by atoms with Crippen LogP contribution in [-0.4, -0.2) is 40.2 Å². The fourth-order valence-corrected chi connectivity index (χ4v) is 3.09. The van der Waals surface area contributed by atoms with Gasteiger partial charge in [-0.1, -0.05) is 12.1 Å². The highest BCUT2D eigenvalue weighted by Gasteiger charge is 2.37. The highest BCUT2D eigenvalue weighted by atomic mass is 19.4. The monoisotopic (exact) mass is 367 g/mol. The van der Waals surface area contributed by atoms with Crippen molar-refractivity contribution < 1.29 is 27.5 Å². The third-order valence-corrected chi connectivity index (χ3v) is 4.38. The summed E-state index contributed by atoms with van der Waals surface area (Å²) in [6.07, 6.45) is -4.30. The molecule has 0 spiro atoms. The first-order chi connectivity index (χ1) is 12.2. The Labute approximate surface area is 147 Å². The van der Waals surface area contributed by atoms with Crippen LogP contribution in [0.15, 0.2) is 24.3 Å². The second-order valence-corrected chi connectivity index (χ2v) is 5.91. The van der Waals surface area contributed by atoms with Gasteiger partial charge in [-0.2, -0.15) is 18.3 Å². The number of amides is 1. The molecule has 0 atom stereocenters. The molecule has 0 bridgehead atoms. The summed E-state index contributed by atoms with van der Waals surface area (Å²) in [4.78, 5) is 25.8. The molecule has 2 heterocycles. The molecule has 0 saturated carbocycles. The number of fused-ring (bicyclic) bond motifs is 1. The number of aromatic nitrogens is 2. The van der Waals surface area contributed by atoms with E-state index in [2.05, 4.69) is 5.10 Å². The maximum absolute atomic E-state index is 13.2. The highest BCUT2D eigenvalue weighted by Crippen LogP contribution is 2.33. The summed E-state index contributed by atoms with van der Waals surface area (Å²) in [5, 5.41) is 4.11. The molecule has 26 heavy (non-hydrogen) atoms. The van der Waals surface area contributed by atoms with Crippen molar-refractivity contribution in [2.24, 2.45) is 7.05 Å². The minimum absolute atomic E-state index is 0.0703. The number of ether oxygens (including phenoxy) is 1. The number of halogens is 3. The number of alkyl halides is 3. The molecule has 1 amide bonds. The Bertz CT molecular complexity index is 874. The molecule has 0 fully saturated rings. The Morgan fingerprint density at radius 2 is 1.92 bits per heavy atom. The Balaban J connectivity index is 1.92. The molecule has 138 valence electrons. The van der Waals surface area contributed by atoms with Gasteiger partial charge in [0.1, 0.15) is 0 Å². The van der Waals surface area contributed by atoms with Gasteiger partial charge in [-0.05, 0) is 18.6 Å². The Kier molecular flexibility index (Phi) is 4.47. The van der Waals surface area contributed by atoms with Crippen LogP contribution in [0.4, 0.5) is 13.2 Å². The van der Waals surface area contributed by atoms with E-state index < -0.39 is 23.6 Å². The molecular formula is C17H16F3N3O3. The third kappa shape index (κ3) is 3.04. The van der Waals surface area contributed by atoms with Gasteiger partial charge < -0.3 is 9.64 Å². The summed E-state index contributed by atoms with van der Waals surface area (Å²) in [7, 11) is 2.86. The molecular weight excluding hydrogens is 351 g/mol. The van der Waals surface area contributed by atoms with Gasteiger partial charge in [0, 0.05) is 19.2 Å². The molecule has 0 saturated heterocycles. The Hall–Kier alpha value is -2.84. The van der Waals surface area contributed by atoms with Crippen LogP contribution in [0.2, 0.25) is 0 Å². The van der Waals surface area contributed by atoms with E-state index in [-0.39, 0.29) is 24.3 Å². The van der Waals surface area contributed by atoms with Crippen LogP contribution in [0.5, 0.6) is 0 Å². The van der Waals surface area contributed by atoms with Crippen LogP contribution < -0.4 is 0 Å². The lowest BCUT2D eigenvalue weighted by Crippen LogP contribution is -2.37. The number of benzene rings is 1. The first-order valence-electron chi connectivity index (χ1n) is 7.82. The Morgan fingerprint density at radius 3 is 2.58 bits per heavy atom.